The number of nitrogens with one attached hydrogen (secondary N) is 1. The van der Waals surface area contributed by atoms with Crippen LogP contribution in [0.3, 0.4) is 0 Å². The zero-order valence-corrected chi connectivity index (χ0v) is 10.1. The van der Waals surface area contributed by atoms with Gasteiger partial charge in [-0.3, -0.25) is 4.79 Å². The molecule has 1 heterocycles. The quantitative estimate of drug-likeness (QED) is 0.857. The lowest BCUT2D eigenvalue weighted by molar-refractivity contribution is -0.121. The molecule has 1 aromatic heterocycles. The second-order valence-corrected chi connectivity index (χ2v) is 6.14. The van der Waals surface area contributed by atoms with E-state index in [-0.39, 0.29) is 5.91 Å². The number of hydrogen-bond donors (Lipinski definition) is 1. The van der Waals surface area contributed by atoms with Gasteiger partial charge in [-0.25, -0.2) is 0 Å². The predicted molar refractivity (Wildman–Crippen MR) is 65.4 cm³/mol. The highest BCUT2D eigenvalue weighted by atomic mass is 32.1. The maximum atomic E-state index is 11.8. The van der Waals surface area contributed by atoms with Crippen LogP contribution in [-0.2, 0) is 11.2 Å². The van der Waals surface area contributed by atoms with Gasteiger partial charge in [-0.2, -0.15) is 0 Å². The minimum absolute atomic E-state index is 0.208. The molecule has 2 fully saturated rings. The number of thiophene rings is 1. The van der Waals surface area contributed by atoms with Gasteiger partial charge in [0.1, 0.15) is 0 Å². The zero-order valence-electron chi connectivity index (χ0n) is 9.32. The van der Waals surface area contributed by atoms with E-state index in [1.165, 1.54) is 30.6 Å². The summed E-state index contributed by atoms with van der Waals surface area (Å²) in [6, 6.07) is 4.52. The van der Waals surface area contributed by atoms with E-state index in [0.717, 1.165) is 11.8 Å². The van der Waals surface area contributed by atoms with Gasteiger partial charge in [-0.15, -0.1) is 11.3 Å². The van der Waals surface area contributed by atoms with Crippen molar-refractivity contribution in [2.24, 2.45) is 11.8 Å². The Labute approximate surface area is 100 Å². The molecule has 2 saturated carbocycles. The summed E-state index contributed by atoms with van der Waals surface area (Å²) in [6.45, 7) is 0. The Balaban J connectivity index is 1.53. The summed E-state index contributed by atoms with van der Waals surface area (Å²) >= 11 is 1.66. The van der Waals surface area contributed by atoms with Gasteiger partial charge in [0.05, 0.1) is 6.42 Å². The van der Waals surface area contributed by atoms with Crippen molar-refractivity contribution in [1.29, 1.82) is 0 Å². The molecule has 3 heteroatoms. The molecule has 0 aromatic carbocycles. The molecule has 0 radical (unpaired) electrons. The van der Waals surface area contributed by atoms with Crippen LogP contribution >= 0.6 is 11.3 Å². The van der Waals surface area contributed by atoms with Crippen LogP contribution in [0.25, 0.3) is 0 Å². The SMILES string of the molecule is O=C(Cc1cccs1)N[C@H]1C[C@H]2CC[C@@H]1C2. The van der Waals surface area contributed by atoms with Gasteiger partial charge in [-0.1, -0.05) is 12.5 Å². The molecule has 2 nitrogen and oxygen atoms in total. The molecule has 3 rings (SSSR count). The third-order valence-corrected chi connectivity index (χ3v) is 4.88. The number of fused-ring (bicyclic) bond motifs is 2. The van der Waals surface area contributed by atoms with Gasteiger partial charge in [0, 0.05) is 10.9 Å². The maximum Gasteiger partial charge on any atom is 0.225 e. The van der Waals surface area contributed by atoms with Crippen LogP contribution in [0.4, 0.5) is 0 Å². The third kappa shape index (κ3) is 2.01. The van der Waals surface area contributed by atoms with Crippen molar-refractivity contribution in [3.8, 4) is 0 Å². The topological polar surface area (TPSA) is 29.1 Å². The molecule has 3 atom stereocenters. The largest absolute Gasteiger partial charge is 0.353 e. The van der Waals surface area contributed by atoms with E-state index in [2.05, 4.69) is 5.32 Å². The van der Waals surface area contributed by atoms with Crippen molar-refractivity contribution in [2.75, 3.05) is 0 Å². The van der Waals surface area contributed by atoms with Crippen LogP contribution in [0.5, 0.6) is 0 Å². The molecule has 1 aromatic rings. The van der Waals surface area contributed by atoms with Crippen LogP contribution in [0.15, 0.2) is 17.5 Å². The van der Waals surface area contributed by atoms with E-state index in [4.69, 9.17) is 0 Å². The minimum Gasteiger partial charge on any atom is -0.353 e. The Bertz CT molecular complexity index is 373. The van der Waals surface area contributed by atoms with Crippen molar-refractivity contribution >= 4 is 17.2 Å². The molecule has 86 valence electrons. The average Bonchev–Trinajstić information content (AvgIpc) is 2.92. The van der Waals surface area contributed by atoms with E-state index < -0.39 is 0 Å². The summed E-state index contributed by atoms with van der Waals surface area (Å²) in [5.41, 5.74) is 0. The van der Waals surface area contributed by atoms with Gasteiger partial charge in [0.15, 0.2) is 0 Å². The van der Waals surface area contributed by atoms with Crippen LogP contribution in [0.2, 0.25) is 0 Å². The summed E-state index contributed by atoms with van der Waals surface area (Å²) in [5, 5.41) is 5.24. The second-order valence-electron chi connectivity index (χ2n) is 5.11. The Hall–Kier alpha value is -0.830. The van der Waals surface area contributed by atoms with Gasteiger partial charge in [0.25, 0.3) is 0 Å². The van der Waals surface area contributed by atoms with Crippen molar-refractivity contribution in [2.45, 2.75) is 38.1 Å². The monoisotopic (exact) mass is 235 g/mol. The number of rotatable bonds is 3. The van der Waals surface area contributed by atoms with Gasteiger partial charge in [0.2, 0.25) is 5.91 Å². The molecule has 2 aliphatic carbocycles. The van der Waals surface area contributed by atoms with Crippen LogP contribution in [0.1, 0.15) is 30.6 Å². The highest BCUT2D eigenvalue weighted by Gasteiger charge is 2.39. The number of carbonyl (C=O) groups is 1. The van der Waals surface area contributed by atoms with Gasteiger partial charge >= 0.3 is 0 Å². The molecule has 0 spiro atoms. The molecule has 0 aliphatic heterocycles. The Morgan fingerprint density at radius 3 is 3.00 bits per heavy atom. The van der Waals surface area contributed by atoms with Crippen LogP contribution in [-0.4, -0.2) is 11.9 Å². The Morgan fingerprint density at radius 1 is 1.44 bits per heavy atom. The fourth-order valence-electron chi connectivity index (χ4n) is 3.25. The summed E-state index contributed by atoms with van der Waals surface area (Å²) in [5.74, 6) is 1.88. The van der Waals surface area contributed by atoms with Crippen molar-refractivity contribution in [3.05, 3.63) is 22.4 Å². The second kappa shape index (κ2) is 4.21. The molecule has 0 saturated heterocycles. The van der Waals surface area contributed by atoms with Gasteiger partial charge in [-0.05, 0) is 42.5 Å². The number of amides is 1. The minimum atomic E-state index is 0.208. The Morgan fingerprint density at radius 2 is 2.38 bits per heavy atom. The summed E-state index contributed by atoms with van der Waals surface area (Å²) < 4.78 is 0. The number of carbonyl (C=O) groups excluding carboxylic acids is 1. The lowest BCUT2D eigenvalue weighted by atomic mass is 9.95. The highest BCUT2D eigenvalue weighted by Crippen LogP contribution is 2.44. The van der Waals surface area contributed by atoms with Crippen LogP contribution in [0, 0.1) is 11.8 Å². The first-order chi connectivity index (χ1) is 7.81. The standard InChI is InChI=1S/C13H17NOS/c15-13(8-11-2-1-5-16-11)14-12-7-9-3-4-10(12)6-9/h1-2,5,9-10,12H,3-4,6-8H2,(H,14,15)/t9-,10+,12-/m0/s1. The molecule has 2 aliphatic rings. The summed E-state index contributed by atoms with van der Waals surface area (Å²) in [6.07, 6.45) is 5.85. The third-order valence-electron chi connectivity index (χ3n) is 4.00. The lowest BCUT2D eigenvalue weighted by Gasteiger charge is -2.22. The highest BCUT2D eigenvalue weighted by molar-refractivity contribution is 7.10. The smallest absolute Gasteiger partial charge is 0.225 e. The molecule has 1 N–H and O–H groups in total. The average molecular weight is 235 g/mol. The predicted octanol–water partition coefficient (Wildman–Crippen LogP) is 2.60. The summed E-state index contributed by atoms with van der Waals surface area (Å²) in [4.78, 5) is 13.0. The fraction of sp³-hybridized carbons (Fsp3) is 0.615. The maximum absolute atomic E-state index is 11.8. The zero-order chi connectivity index (χ0) is 11.0. The lowest BCUT2D eigenvalue weighted by Crippen LogP contribution is -2.39. The molecular formula is C13H17NOS. The van der Waals surface area contributed by atoms with E-state index in [0.29, 0.717) is 12.5 Å². The normalized spacial score (nSPS) is 31.9. The van der Waals surface area contributed by atoms with Crippen LogP contribution < -0.4 is 5.32 Å². The van der Waals surface area contributed by atoms with E-state index in [9.17, 15) is 4.79 Å². The first-order valence-corrected chi connectivity index (χ1v) is 7.01. The molecule has 2 bridgehead atoms. The number of hydrogen-bond acceptors (Lipinski definition) is 2. The molecular weight excluding hydrogens is 218 g/mol. The van der Waals surface area contributed by atoms with Crippen molar-refractivity contribution in [1.82, 2.24) is 5.32 Å². The van der Waals surface area contributed by atoms with Gasteiger partial charge < -0.3 is 5.32 Å². The molecule has 16 heavy (non-hydrogen) atoms. The molecule has 0 unspecified atom stereocenters. The first kappa shape index (κ1) is 10.3. The summed E-state index contributed by atoms with van der Waals surface area (Å²) in [7, 11) is 0. The first-order valence-electron chi connectivity index (χ1n) is 6.13. The Kier molecular flexibility index (Phi) is 2.72. The van der Waals surface area contributed by atoms with E-state index in [1.54, 1.807) is 11.3 Å². The van der Waals surface area contributed by atoms with E-state index in [1.807, 2.05) is 17.5 Å². The van der Waals surface area contributed by atoms with Crippen molar-refractivity contribution < 1.29 is 4.79 Å². The molecule has 1 amide bonds. The van der Waals surface area contributed by atoms with E-state index >= 15 is 0 Å². The van der Waals surface area contributed by atoms with Crippen molar-refractivity contribution in [3.63, 3.8) is 0 Å². The fourth-order valence-corrected chi connectivity index (χ4v) is 3.95.